The topological polar surface area (TPSA) is 98.7 Å². The van der Waals surface area contributed by atoms with E-state index in [1.807, 2.05) is 32.9 Å². The molecule has 6 heteroatoms. The third-order valence-electron chi connectivity index (χ3n) is 3.02. The molecule has 0 saturated heterocycles. The molecule has 0 spiro atoms. The minimum atomic E-state index is -1.35. The van der Waals surface area contributed by atoms with E-state index in [-0.39, 0.29) is 5.41 Å². The second-order valence-corrected chi connectivity index (χ2v) is 5.95. The molecule has 116 valence electrons. The minimum absolute atomic E-state index is 0.166. The standard InChI is InChI=1S/C15H22N2O4/c1-9(18)12(13(19)20)17-14(21)16-11-8-6-5-7-10(11)15(2,3)4/h5-9,12,18H,1-4H3,(H,19,20)(H2,16,17,21)/t9-,12+/m1/s1. The van der Waals surface area contributed by atoms with Crippen LogP contribution in [-0.4, -0.2) is 34.4 Å². The average Bonchev–Trinajstić information content (AvgIpc) is 2.34. The molecule has 0 unspecified atom stereocenters. The van der Waals surface area contributed by atoms with Gasteiger partial charge in [0.1, 0.15) is 0 Å². The predicted octanol–water partition coefficient (Wildman–Crippen LogP) is 1.94. The van der Waals surface area contributed by atoms with E-state index in [4.69, 9.17) is 5.11 Å². The fourth-order valence-corrected chi connectivity index (χ4v) is 1.93. The molecule has 0 bridgehead atoms. The third kappa shape index (κ3) is 4.75. The highest BCUT2D eigenvalue weighted by molar-refractivity contribution is 5.93. The van der Waals surface area contributed by atoms with Crippen molar-refractivity contribution in [3.63, 3.8) is 0 Å². The van der Waals surface area contributed by atoms with Crippen LogP contribution in [0.3, 0.4) is 0 Å². The van der Waals surface area contributed by atoms with Crippen LogP contribution in [-0.2, 0) is 10.2 Å². The van der Waals surface area contributed by atoms with Crippen molar-refractivity contribution in [2.24, 2.45) is 0 Å². The summed E-state index contributed by atoms with van der Waals surface area (Å²) in [5.41, 5.74) is 1.38. The zero-order valence-corrected chi connectivity index (χ0v) is 12.7. The van der Waals surface area contributed by atoms with Crippen molar-refractivity contribution >= 4 is 17.7 Å². The quantitative estimate of drug-likeness (QED) is 0.682. The predicted molar refractivity (Wildman–Crippen MR) is 80.4 cm³/mol. The largest absolute Gasteiger partial charge is 0.480 e. The molecule has 21 heavy (non-hydrogen) atoms. The van der Waals surface area contributed by atoms with Crippen molar-refractivity contribution in [3.8, 4) is 0 Å². The lowest BCUT2D eigenvalue weighted by Crippen LogP contribution is -2.49. The Morgan fingerprint density at radius 1 is 1.19 bits per heavy atom. The average molecular weight is 294 g/mol. The number of carbonyl (C=O) groups excluding carboxylic acids is 1. The number of aliphatic hydroxyl groups excluding tert-OH is 1. The minimum Gasteiger partial charge on any atom is -0.480 e. The molecule has 0 aromatic heterocycles. The number of carbonyl (C=O) groups is 2. The van der Waals surface area contributed by atoms with E-state index in [0.717, 1.165) is 5.56 Å². The molecule has 6 nitrogen and oxygen atoms in total. The highest BCUT2D eigenvalue weighted by atomic mass is 16.4. The van der Waals surface area contributed by atoms with Gasteiger partial charge in [0, 0.05) is 5.69 Å². The van der Waals surface area contributed by atoms with Crippen LogP contribution in [0.15, 0.2) is 24.3 Å². The fraction of sp³-hybridized carbons (Fsp3) is 0.467. The van der Waals surface area contributed by atoms with E-state index in [1.54, 1.807) is 12.1 Å². The number of benzene rings is 1. The molecule has 2 atom stereocenters. The van der Waals surface area contributed by atoms with Crippen LogP contribution < -0.4 is 10.6 Å². The van der Waals surface area contributed by atoms with E-state index in [9.17, 15) is 14.7 Å². The van der Waals surface area contributed by atoms with E-state index in [0.29, 0.717) is 5.69 Å². The van der Waals surface area contributed by atoms with Gasteiger partial charge in [-0.2, -0.15) is 0 Å². The van der Waals surface area contributed by atoms with Crippen LogP contribution >= 0.6 is 0 Å². The van der Waals surface area contributed by atoms with Gasteiger partial charge in [0.15, 0.2) is 6.04 Å². The molecule has 0 saturated carbocycles. The van der Waals surface area contributed by atoms with Crippen LogP contribution in [0.2, 0.25) is 0 Å². The fourth-order valence-electron chi connectivity index (χ4n) is 1.93. The monoisotopic (exact) mass is 294 g/mol. The Morgan fingerprint density at radius 3 is 2.24 bits per heavy atom. The van der Waals surface area contributed by atoms with E-state index >= 15 is 0 Å². The number of hydrogen-bond acceptors (Lipinski definition) is 3. The first-order chi connectivity index (χ1) is 9.62. The molecule has 1 aromatic carbocycles. The zero-order valence-electron chi connectivity index (χ0n) is 12.7. The van der Waals surface area contributed by atoms with Gasteiger partial charge in [-0.25, -0.2) is 9.59 Å². The Hall–Kier alpha value is -2.08. The van der Waals surface area contributed by atoms with Crippen molar-refractivity contribution in [2.45, 2.75) is 45.3 Å². The summed E-state index contributed by atoms with van der Waals surface area (Å²) in [4.78, 5) is 22.9. The van der Waals surface area contributed by atoms with E-state index in [1.165, 1.54) is 6.92 Å². The van der Waals surface area contributed by atoms with Gasteiger partial charge in [-0.3, -0.25) is 0 Å². The van der Waals surface area contributed by atoms with Crippen molar-refractivity contribution < 1.29 is 19.8 Å². The maximum absolute atomic E-state index is 11.9. The highest BCUT2D eigenvalue weighted by Gasteiger charge is 2.25. The number of amides is 2. The molecule has 1 aromatic rings. The van der Waals surface area contributed by atoms with Crippen molar-refractivity contribution in [2.75, 3.05) is 5.32 Å². The molecular formula is C15H22N2O4. The molecule has 0 fully saturated rings. The van der Waals surface area contributed by atoms with E-state index in [2.05, 4.69) is 10.6 Å². The van der Waals surface area contributed by atoms with Gasteiger partial charge in [-0.05, 0) is 24.0 Å². The molecule has 0 heterocycles. The Morgan fingerprint density at radius 2 is 1.76 bits per heavy atom. The summed E-state index contributed by atoms with van der Waals surface area (Å²) in [5, 5.41) is 23.2. The first-order valence-corrected chi connectivity index (χ1v) is 6.71. The number of urea groups is 1. The summed E-state index contributed by atoms with van der Waals surface area (Å²) in [6.07, 6.45) is -1.19. The second kappa shape index (κ2) is 6.58. The zero-order chi connectivity index (χ0) is 16.2. The van der Waals surface area contributed by atoms with Gasteiger partial charge < -0.3 is 20.8 Å². The molecule has 4 N–H and O–H groups in total. The molecule has 0 aliphatic carbocycles. The summed E-state index contributed by atoms with van der Waals surface area (Å²) in [7, 11) is 0. The second-order valence-electron chi connectivity index (χ2n) is 5.95. The molecule has 1 rings (SSSR count). The lowest BCUT2D eigenvalue weighted by molar-refractivity contribution is -0.141. The SMILES string of the molecule is C[C@@H](O)[C@H](NC(=O)Nc1ccccc1C(C)(C)C)C(=O)O. The normalized spacial score (nSPS) is 14.1. The number of aliphatic carboxylic acids is 1. The van der Waals surface area contributed by atoms with Gasteiger partial charge in [0.2, 0.25) is 0 Å². The van der Waals surface area contributed by atoms with Crippen molar-refractivity contribution in [3.05, 3.63) is 29.8 Å². The van der Waals surface area contributed by atoms with Gasteiger partial charge in [0.05, 0.1) is 6.10 Å². The number of para-hydroxylation sites is 1. The number of aliphatic hydroxyl groups is 1. The summed E-state index contributed by atoms with van der Waals surface area (Å²) in [5.74, 6) is -1.29. The lowest BCUT2D eigenvalue weighted by atomic mass is 9.86. The number of nitrogens with one attached hydrogen (secondary N) is 2. The van der Waals surface area contributed by atoms with Crippen LogP contribution in [0.1, 0.15) is 33.3 Å². The van der Waals surface area contributed by atoms with Crippen LogP contribution in [0, 0.1) is 0 Å². The van der Waals surface area contributed by atoms with E-state index < -0.39 is 24.1 Å². The Kier molecular flexibility index (Phi) is 5.32. The molecule has 2 amide bonds. The summed E-state index contributed by atoms with van der Waals surface area (Å²) in [6, 6.07) is 5.29. The van der Waals surface area contributed by atoms with Gasteiger partial charge in [0.25, 0.3) is 0 Å². The lowest BCUT2D eigenvalue weighted by Gasteiger charge is -2.24. The number of anilines is 1. The Balaban J connectivity index is 2.87. The van der Waals surface area contributed by atoms with Crippen LogP contribution in [0.25, 0.3) is 0 Å². The number of hydrogen-bond donors (Lipinski definition) is 4. The van der Waals surface area contributed by atoms with Crippen molar-refractivity contribution in [1.82, 2.24) is 5.32 Å². The molecule has 0 aliphatic rings. The smallest absolute Gasteiger partial charge is 0.328 e. The number of carboxylic acids is 1. The number of rotatable bonds is 4. The highest BCUT2D eigenvalue weighted by Crippen LogP contribution is 2.29. The van der Waals surface area contributed by atoms with Gasteiger partial charge >= 0.3 is 12.0 Å². The molecule has 0 aliphatic heterocycles. The molecule has 0 radical (unpaired) electrons. The Bertz CT molecular complexity index is 521. The molecular weight excluding hydrogens is 272 g/mol. The Labute approximate surface area is 124 Å². The summed E-state index contributed by atoms with van der Waals surface area (Å²) in [6.45, 7) is 7.35. The first-order valence-electron chi connectivity index (χ1n) is 6.71. The van der Waals surface area contributed by atoms with Crippen LogP contribution in [0.4, 0.5) is 10.5 Å². The summed E-state index contributed by atoms with van der Waals surface area (Å²) < 4.78 is 0. The maximum atomic E-state index is 11.9. The van der Waals surface area contributed by atoms with Crippen LogP contribution in [0.5, 0.6) is 0 Å². The number of carboxylic acid groups (broad SMARTS) is 1. The van der Waals surface area contributed by atoms with Gasteiger partial charge in [-0.15, -0.1) is 0 Å². The summed E-state index contributed by atoms with van der Waals surface area (Å²) >= 11 is 0. The third-order valence-corrected chi connectivity index (χ3v) is 3.02. The maximum Gasteiger partial charge on any atom is 0.328 e. The van der Waals surface area contributed by atoms with Crippen molar-refractivity contribution in [1.29, 1.82) is 0 Å². The first kappa shape index (κ1) is 17.0. The van der Waals surface area contributed by atoms with Gasteiger partial charge in [-0.1, -0.05) is 39.0 Å².